The number of nitrogen functional groups attached to an aromatic ring is 1. The third-order valence-electron chi connectivity index (χ3n) is 3.61. The highest BCUT2D eigenvalue weighted by molar-refractivity contribution is 7.11. The summed E-state index contributed by atoms with van der Waals surface area (Å²) in [4.78, 5) is 0. The Morgan fingerprint density at radius 3 is 2.80 bits per heavy atom. The Kier molecular flexibility index (Phi) is 3.89. The van der Waals surface area contributed by atoms with Crippen LogP contribution in [-0.2, 0) is 4.74 Å². The van der Waals surface area contributed by atoms with Crippen LogP contribution in [0.5, 0.6) is 0 Å². The summed E-state index contributed by atoms with van der Waals surface area (Å²) < 4.78 is 9.87. The summed E-state index contributed by atoms with van der Waals surface area (Å²) in [6, 6.07) is 10.6. The maximum atomic E-state index is 6.02. The van der Waals surface area contributed by atoms with Gasteiger partial charge in [0, 0.05) is 12.6 Å². The molecule has 5 heteroatoms. The van der Waals surface area contributed by atoms with Crippen LogP contribution >= 0.6 is 11.5 Å². The minimum Gasteiger partial charge on any atom is -0.382 e. The van der Waals surface area contributed by atoms with Gasteiger partial charge in [0.15, 0.2) is 0 Å². The molecule has 0 atom stereocenters. The van der Waals surface area contributed by atoms with E-state index < -0.39 is 0 Å². The predicted octanol–water partition coefficient (Wildman–Crippen LogP) is 3.37. The van der Waals surface area contributed by atoms with E-state index in [1.165, 1.54) is 11.5 Å². The van der Waals surface area contributed by atoms with Crippen LogP contribution in [0.2, 0.25) is 0 Å². The maximum absolute atomic E-state index is 6.02. The fourth-order valence-electron chi connectivity index (χ4n) is 2.53. The number of anilines is 2. The van der Waals surface area contributed by atoms with Crippen LogP contribution in [-0.4, -0.2) is 23.1 Å². The molecule has 0 saturated heterocycles. The second kappa shape index (κ2) is 5.81. The van der Waals surface area contributed by atoms with E-state index in [1.54, 1.807) is 0 Å². The Labute approximate surface area is 123 Å². The summed E-state index contributed by atoms with van der Waals surface area (Å²) in [5.41, 5.74) is 8.15. The van der Waals surface area contributed by atoms with E-state index in [4.69, 9.17) is 10.5 Å². The van der Waals surface area contributed by atoms with Crippen LogP contribution in [0.4, 0.5) is 10.8 Å². The van der Waals surface area contributed by atoms with Gasteiger partial charge in [-0.25, -0.2) is 0 Å². The van der Waals surface area contributed by atoms with Gasteiger partial charge in [0.2, 0.25) is 0 Å². The van der Waals surface area contributed by atoms with Crippen molar-refractivity contribution in [2.24, 2.45) is 0 Å². The van der Waals surface area contributed by atoms with E-state index in [9.17, 15) is 0 Å². The van der Waals surface area contributed by atoms with E-state index >= 15 is 0 Å². The fourth-order valence-corrected chi connectivity index (χ4v) is 3.34. The number of benzene rings is 1. The standard InChI is InChI=1S/C15H19N3OS/c1-2-19-12-8-11(9-12)17-15-13(14(16)18-20-15)10-6-4-3-5-7-10/h3-7,11-12,17H,2,8-9H2,1H3,(H2,16,18). The topological polar surface area (TPSA) is 60.2 Å². The SMILES string of the molecule is CCOC1CC(Nc2snc(N)c2-c2ccccc2)C1. The van der Waals surface area contributed by atoms with Crippen molar-refractivity contribution in [1.29, 1.82) is 0 Å². The number of aromatic nitrogens is 1. The lowest BCUT2D eigenvalue weighted by Gasteiger charge is -2.35. The van der Waals surface area contributed by atoms with Crippen molar-refractivity contribution < 1.29 is 4.74 Å². The van der Waals surface area contributed by atoms with E-state index in [-0.39, 0.29) is 0 Å². The number of hydrogen-bond acceptors (Lipinski definition) is 5. The molecule has 1 heterocycles. The molecule has 0 unspecified atom stereocenters. The van der Waals surface area contributed by atoms with Crippen LogP contribution in [0, 0.1) is 0 Å². The second-order valence-corrected chi connectivity index (χ2v) is 5.80. The van der Waals surface area contributed by atoms with Gasteiger partial charge in [0.05, 0.1) is 11.7 Å². The molecule has 0 radical (unpaired) electrons. The first kappa shape index (κ1) is 13.4. The van der Waals surface area contributed by atoms with Gasteiger partial charge in [-0.1, -0.05) is 30.3 Å². The van der Waals surface area contributed by atoms with Gasteiger partial charge in [0.25, 0.3) is 0 Å². The highest BCUT2D eigenvalue weighted by Crippen LogP contribution is 2.39. The number of ether oxygens (including phenoxy) is 1. The average molecular weight is 289 g/mol. The zero-order valence-corrected chi connectivity index (χ0v) is 12.3. The zero-order chi connectivity index (χ0) is 13.9. The van der Waals surface area contributed by atoms with E-state index in [2.05, 4.69) is 21.8 Å². The van der Waals surface area contributed by atoms with Gasteiger partial charge in [-0.3, -0.25) is 0 Å². The van der Waals surface area contributed by atoms with Crippen molar-refractivity contribution in [3.63, 3.8) is 0 Å². The summed E-state index contributed by atoms with van der Waals surface area (Å²) in [5.74, 6) is 0.601. The number of nitrogens with one attached hydrogen (secondary N) is 1. The Morgan fingerprint density at radius 1 is 1.35 bits per heavy atom. The lowest BCUT2D eigenvalue weighted by Crippen LogP contribution is -2.40. The number of nitrogens with two attached hydrogens (primary N) is 1. The van der Waals surface area contributed by atoms with Gasteiger partial charge in [0.1, 0.15) is 10.8 Å². The fraction of sp³-hybridized carbons (Fsp3) is 0.400. The largest absolute Gasteiger partial charge is 0.382 e. The molecule has 1 aromatic carbocycles. The van der Waals surface area contributed by atoms with Gasteiger partial charge in [-0.05, 0) is 36.9 Å². The predicted molar refractivity (Wildman–Crippen MR) is 84.0 cm³/mol. The van der Waals surface area contributed by atoms with Crippen molar-refractivity contribution in [1.82, 2.24) is 4.37 Å². The Morgan fingerprint density at radius 2 is 2.10 bits per heavy atom. The van der Waals surface area contributed by atoms with Crippen molar-refractivity contribution in [2.45, 2.75) is 31.9 Å². The number of hydrogen-bond donors (Lipinski definition) is 2. The molecule has 1 saturated carbocycles. The molecule has 4 nitrogen and oxygen atoms in total. The monoisotopic (exact) mass is 289 g/mol. The number of nitrogens with zero attached hydrogens (tertiary/aromatic N) is 1. The second-order valence-electron chi connectivity index (χ2n) is 5.03. The first-order chi connectivity index (χ1) is 9.78. The molecule has 3 N–H and O–H groups in total. The van der Waals surface area contributed by atoms with Gasteiger partial charge in [-0.2, -0.15) is 4.37 Å². The molecule has 0 aliphatic heterocycles. The summed E-state index contributed by atoms with van der Waals surface area (Å²) in [7, 11) is 0. The molecule has 106 valence electrons. The van der Waals surface area contributed by atoms with Crippen LogP contribution in [0.3, 0.4) is 0 Å². The van der Waals surface area contributed by atoms with E-state index in [1.807, 2.05) is 25.1 Å². The molecule has 3 rings (SSSR count). The van der Waals surface area contributed by atoms with Gasteiger partial charge in [-0.15, -0.1) is 0 Å². The first-order valence-electron chi connectivity index (χ1n) is 6.96. The molecule has 1 aromatic heterocycles. The van der Waals surface area contributed by atoms with E-state index in [0.29, 0.717) is 18.0 Å². The third kappa shape index (κ3) is 2.64. The van der Waals surface area contributed by atoms with Gasteiger partial charge < -0.3 is 15.8 Å². The zero-order valence-electron chi connectivity index (χ0n) is 11.5. The summed E-state index contributed by atoms with van der Waals surface area (Å²) in [6.45, 7) is 2.83. The van der Waals surface area contributed by atoms with Gasteiger partial charge >= 0.3 is 0 Å². The summed E-state index contributed by atoms with van der Waals surface area (Å²) in [5, 5.41) is 4.61. The molecule has 20 heavy (non-hydrogen) atoms. The average Bonchev–Trinajstić information content (AvgIpc) is 2.78. The van der Waals surface area contributed by atoms with Crippen LogP contribution in [0.25, 0.3) is 11.1 Å². The smallest absolute Gasteiger partial charge is 0.147 e. The van der Waals surface area contributed by atoms with Crippen molar-refractivity contribution in [2.75, 3.05) is 17.7 Å². The Bertz CT molecular complexity index is 564. The molecule has 1 fully saturated rings. The van der Waals surface area contributed by atoms with Crippen molar-refractivity contribution in [3.8, 4) is 11.1 Å². The Balaban J connectivity index is 1.72. The molecule has 1 aliphatic rings. The van der Waals surface area contributed by atoms with Crippen molar-refractivity contribution in [3.05, 3.63) is 30.3 Å². The van der Waals surface area contributed by atoms with Crippen LogP contribution < -0.4 is 11.1 Å². The van der Waals surface area contributed by atoms with E-state index in [0.717, 1.165) is 35.6 Å². The lowest BCUT2D eigenvalue weighted by molar-refractivity contribution is 0.00306. The highest BCUT2D eigenvalue weighted by Gasteiger charge is 2.30. The molecular formula is C15H19N3OS. The molecule has 2 aromatic rings. The number of rotatable bonds is 5. The Hall–Kier alpha value is -1.59. The molecule has 0 spiro atoms. The normalized spacial score (nSPS) is 21.4. The van der Waals surface area contributed by atoms with Crippen LogP contribution in [0.15, 0.2) is 30.3 Å². The molecule has 0 amide bonds. The quantitative estimate of drug-likeness (QED) is 0.886. The molecule has 1 aliphatic carbocycles. The minimum atomic E-state index is 0.406. The van der Waals surface area contributed by atoms with Crippen LogP contribution in [0.1, 0.15) is 19.8 Å². The summed E-state index contributed by atoms with van der Waals surface area (Å²) in [6.07, 6.45) is 2.52. The summed E-state index contributed by atoms with van der Waals surface area (Å²) >= 11 is 1.44. The minimum absolute atomic E-state index is 0.406. The molecular weight excluding hydrogens is 270 g/mol. The lowest BCUT2D eigenvalue weighted by atomic mass is 9.89. The molecule has 0 bridgehead atoms. The maximum Gasteiger partial charge on any atom is 0.147 e. The first-order valence-corrected chi connectivity index (χ1v) is 7.74. The highest BCUT2D eigenvalue weighted by atomic mass is 32.1. The van der Waals surface area contributed by atoms with Crippen molar-refractivity contribution >= 4 is 22.4 Å². The third-order valence-corrected chi connectivity index (χ3v) is 4.41.